The first-order chi connectivity index (χ1) is 13.6. The third kappa shape index (κ3) is 3.93. The van der Waals surface area contributed by atoms with Crippen LogP contribution in [0.3, 0.4) is 0 Å². The van der Waals surface area contributed by atoms with E-state index in [0.29, 0.717) is 23.8 Å². The van der Waals surface area contributed by atoms with E-state index < -0.39 is 0 Å². The Kier molecular flexibility index (Phi) is 5.41. The minimum atomic E-state index is -0.0583. The summed E-state index contributed by atoms with van der Waals surface area (Å²) in [4.78, 5) is 17.2. The summed E-state index contributed by atoms with van der Waals surface area (Å²) in [7, 11) is 0. The molecule has 1 aliphatic heterocycles. The number of carbonyl (C=O) groups excluding carboxylic acids is 1. The summed E-state index contributed by atoms with van der Waals surface area (Å²) in [5, 5.41) is 8.98. The van der Waals surface area contributed by atoms with E-state index in [0.717, 1.165) is 31.0 Å². The van der Waals surface area contributed by atoms with Crippen molar-refractivity contribution in [1.82, 2.24) is 24.8 Å². The molecule has 28 heavy (non-hydrogen) atoms. The summed E-state index contributed by atoms with van der Waals surface area (Å²) in [6, 6.07) is 17.7. The van der Waals surface area contributed by atoms with Crippen LogP contribution in [0.2, 0.25) is 5.02 Å². The van der Waals surface area contributed by atoms with Crippen LogP contribution in [0, 0.1) is 6.92 Å². The van der Waals surface area contributed by atoms with Crippen molar-refractivity contribution in [2.24, 2.45) is 0 Å². The number of hydrogen-bond donors (Lipinski definition) is 0. The molecular weight excluding hydrogens is 374 g/mol. The Balaban J connectivity index is 1.41. The Morgan fingerprint density at radius 3 is 2.36 bits per heavy atom. The van der Waals surface area contributed by atoms with Crippen molar-refractivity contribution < 1.29 is 4.79 Å². The molecule has 2 heterocycles. The van der Waals surface area contributed by atoms with E-state index in [-0.39, 0.29) is 5.91 Å². The lowest BCUT2D eigenvalue weighted by Crippen LogP contribution is -2.48. The van der Waals surface area contributed by atoms with Gasteiger partial charge in [-0.2, -0.15) is 0 Å². The van der Waals surface area contributed by atoms with Gasteiger partial charge in [0.15, 0.2) is 5.69 Å². The van der Waals surface area contributed by atoms with Gasteiger partial charge >= 0.3 is 0 Å². The molecule has 0 aliphatic carbocycles. The highest BCUT2D eigenvalue weighted by molar-refractivity contribution is 6.30. The molecule has 4 rings (SSSR count). The molecule has 1 aromatic heterocycles. The molecule has 1 aliphatic rings. The lowest BCUT2D eigenvalue weighted by atomic mass is 10.2. The second kappa shape index (κ2) is 8.12. The Hall–Kier alpha value is -2.70. The lowest BCUT2D eigenvalue weighted by molar-refractivity contribution is 0.0622. The van der Waals surface area contributed by atoms with Crippen LogP contribution >= 0.6 is 11.6 Å². The normalized spacial score (nSPS) is 15.0. The van der Waals surface area contributed by atoms with Crippen molar-refractivity contribution in [2.45, 2.75) is 13.5 Å². The second-order valence-electron chi connectivity index (χ2n) is 6.97. The maximum absolute atomic E-state index is 13.0. The van der Waals surface area contributed by atoms with Crippen molar-refractivity contribution in [3.63, 3.8) is 0 Å². The smallest absolute Gasteiger partial charge is 0.276 e. The maximum atomic E-state index is 13.0. The molecule has 144 valence electrons. The number of nitrogens with zero attached hydrogens (tertiary/aromatic N) is 5. The molecule has 0 unspecified atom stereocenters. The van der Waals surface area contributed by atoms with Gasteiger partial charge in [-0.3, -0.25) is 9.69 Å². The van der Waals surface area contributed by atoms with Crippen molar-refractivity contribution in [1.29, 1.82) is 0 Å². The molecular formula is C21H22ClN5O. The Morgan fingerprint density at radius 2 is 1.68 bits per heavy atom. The highest BCUT2D eigenvalue weighted by Crippen LogP contribution is 2.17. The summed E-state index contributed by atoms with van der Waals surface area (Å²) in [6.45, 7) is 5.87. The van der Waals surface area contributed by atoms with Gasteiger partial charge in [-0.15, -0.1) is 5.10 Å². The van der Waals surface area contributed by atoms with Gasteiger partial charge in [-0.25, -0.2) is 4.68 Å². The molecule has 1 amide bonds. The Bertz CT molecular complexity index is 947. The van der Waals surface area contributed by atoms with Gasteiger partial charge in [0.1, 0.15) is 0 Å². The van der Waals surface area contributed by atoms with Crippen LogP contribution in [-0.2, 0) is 6.54 Å². The fraction of sp³-hybridized carbons (Fsp3) is 0.286. The lowest BCUT2D eigenvalue weighted by Gasteiger charge is -2.34. The number of amides is 1. The Morgan fingerprint density at radius 1 is 1.00 bits per heavy atom. The monoisotopic (exact) mass is 395 g/mol. The van der Waals surface area contributed by atoms with Crippen LogP contribution < -0.4 is 0 Å². The largest absolute Gasteiger partial charge is 0.335 e. The van der Waals surface area contributed by atoms with Crippen LogP contribution in [0.4, 0.5) is 0 Å². The summed E-state index contributed by atoms with van der Waals surface area (Å²) in [5.41, 5.74) is 3.27. The number of piperazine rings is 1. The van der Waals surface area contributed by atoms with Crippen LogP contribution in [0.15, 0.2) is 54.6 Å². The number of benzene rings is 2. The predicted octanol–water partition coefficient (Wildman–Crippen LogP) is 3.19. The first-order valence-corrected chi connectivity index (χ1v) is 9.73. The van der Waals surface area contributed by atoms with E-state index in [1.54, 1.807) is 16.8 Å². The van der Waals surface area contributed by atoms with E-state index in [4.69, 9.17) is 11.6 Å². The first-order valence-electron chi connectivity index (χ1n) is 9.35. The number of halogens is 1. The summed E-state index contributed by atoms with van der Waals surface area (Å²) < 4.78 is 1.68. The van der Waals surface area contributed by atoms with Gasteiger partial charge in [0.05, 0.1) is 11.4 Å². The van der Waals surface area contributed by atoms with E-state index >= 15 is 0 Å². The summed E-state index contributed by atoms with van der Waals surface area (Å²) in [6.07, 6.45) is 0. The van der Waals surface area contributed by atoms with Gasteiger partial charge in [0.2, 0.25) is 0 Å². The van der Waals surface area contributed by atoms with E-state index in [1.807, 2.05) is 30.0 Å². The fourth-order valence-electron chi connectivity index (χ4n) is 3.45. The second-order valence-corrected chi connectivity index (χ2v) is 7.40. The molecule has 3 aromatic rings. The molecule has 0 saturated carbocycles. The quantitative estimate of drug-likeness (QED) is 0.680. The molecule has 1 saturated heterocycles. The van der Waals surface area contributed by atoms with Crippen LogP contribution in [0.25, 0.3) is 5.69 Å². The SMILES string of the molecule is Cc1c(C(=O)N2CCN(Cc3ccccc3)CC2)nnn1-c1ccc(Cl)cc1. The number of rotatable bonds is 4. The van der Waals surface area contributed by atoms with Gasteiger partial charge < -0.3 is 4.90 Å². The first kappa shape index (κ1) is 18.7. The Labute approximate surface area is 169 Å². The topological polar surface area (TPSA) is 54.3 Å². The molecule has 2 aromatic carbocycles. The molecule has 0 radical (unpaired) electrons. The van der Waals surface area contributed by atoms with Gasteiger partial charge in [0.25, 0.3) is 5.91 Å². The molecule has 7 heteroatoms. The third-order valence-electron chi connectivity index (χ3n) is 5.08. The van der Waals surface area contributed by atoms with Crippen molar-refractivity contribution in [3.05, 3.63) is 76.6 Å². The van der Waals surface area contributed by atoms with Crippen LogP contribution in [-0.4, -0.2) is 56.9 Å². The van der Waals surface area contributed by atoms with E-state index in [1.165, 1.54) is 5.56 Å². The standard InChI is InChI=1S/C21H22ClN5O/c1-16-20(23-24-27(16)19-9-7-18(22)8-10-19)21(28)26-13-11-25(12-14-26)15-17-5-3-2-4-6-17/h2-10H,11-15H2,1H3. The van der Waals surface area contributed by atoms with Gasteiger partial charge in [0, 0.05) is 37.7 Å². The van der Waals surface area contributed by atoms with E-state index in [2.05, 4.69) is 39.5 Å². The summed E-state index contributed by atoms with van der Waals surface area (Å²) >= 11 is 5.95. The minimum Gasteiger partial charge on any atom is -0.335 e. The zero-order chi connectivity index (χ0) is 19.5. The van der Waals surface area contributed by atoms with Crippen molar-refractivity contribution >= 4 is 17.5 Å². The summed E-state index contributed by atoms with van der Waals surface area (Å²) in [5.74, 6) is -0.0583. The van der Waals surface area contributed by atoms with Crippen LogP contribution in [0.5, 0.6) is 0 Å². The highest BCUT2D eigenvalue weighted by atomic mass is 35.5. The number of aromatic nitrogens is 3. The molecule has 6 nitrogen and oxygen atoms in total. The number of carbonyl (C=O) groups is 1. The van der Waals surface area contributed by atoms with Gasteiger partial charge in [-0.05, 0) is 36.8 Å². The zero-order valence-corrected chi connectivity index (χ0v) is 16.5. The minimum absolute atomic E-state index is 0.0583. The van der Waals surface area contributed by atoms with Crippen LogP contribution in [0.1, 0.15) is 21.7 Å². The predicted molar refractivity (Wildman–Crippen MR) is 109 cm³/mol. The number of hydrogen-bond acceptors (Lipinski definition) is 4. The average molecular weight is 396 g/mol. The molecule has 0 atom stereocenters. The van der Waals surface area contributed by atoms with Gasteiger partial charge in [-0.1, -0.05) is 47.1 Å². The average Bonchev–Trinajstić information content (AvgIpc) is 3.11. The maximum Gasteiger partial charge on any atom is 0.276 e. The van der Waals surface area contributed by atoms with Crippen molar-refractivity contribution in [2.75, 3.05) is 26.2 Å². The zero-order valence-electron chi connectivity index (χ0n) is 15.8. The fourth-order valence-corrected chi connectivity index (χ4v) is 3.58. The highest BCUT2D eigenvalue weighted by Gasteiger charge is 2.26. The molecule has 0 spiro atoms. The van der Waals surface area contributed by atoms with E-state index in [9.17, 15) is 4.79 Å². The van der Waals surface area contributed by atoms with Crippen molar-refractivity contribution in [3.8, 4) is 5.69 Å². The molecule has 1 fully saturated rings. The molecule has 0 bridgehead atoms. The third-order valence-corrected chi connectivity index (χ3v) is 5.33. The molecule has 0 N–H and O–H groups in total.